The van der Waals surface area contributed by atoms with Crippen molar-refractivity contribution in [3.63, 3.8) is 0 Å². The van der Waals surface area contributed by atoms with E-state index >= 15 is 0 Å². The molecule has 3 heterocycles. The second-order valence-electron chi connectivity index (χ2n) is 7.38. The van der Waals surface area contributed by atoms with Gasteiger partial charge in [0.25, 0.3) is 0 Å². The number of nitrogens with one attached hydrogen (secondary N) is 1. The van der Waals surface area contributed by atoms with Gasteiger partial charge in [0.2, 0.25) is 0 Å². The fourth-order valence-electron chi connectivity index (χ4n) is 4.16. The normalized spacial score (nSPS) is 15.2. The van der Waals surface area contributed by atoms with Crippen molar-refractivity contribution in [2.75, 3.05) is 31.1 Å². The van der Waals surface area contributed by atoms with Gasteiger partial charge in [-0.25, -0.2) is 4.98 Å². The summed E-state index contributed by atoms with van der Waals surface area (Å²) in [4.78, 5) is 7.50. The third-order valence-corrected chi connectivity index (χ3v) is 5.71. The zero-order chi connectivity index (χ0) is 18.9. The Bertz CT molecular complexity index is 1130. The van der Waals surface area contributed by atoms with Crippen molar-refractivity contribution in [1.82, 2.24) is 14.9 Å². The predicted molar refractivity (Wildman–Crippen MR) is 117 cm³/mol. The first-order chi connectivity index (χ1) is 13.8. The summed E-state index contributed by atoms with van der Waals surface area (Å²) in [5.41, 5.74) is 3.50. The third-order valence-electron chi connectivity index (χ3n) is 5.47. The molecular formula is C23H23ClN4. The van der Waals surface area contributed by atoms with E-state index in [9.17, 15) is 0 Å². The van der Waals surface area contributed by atoms with Gasteiger partial charge in [-0.2, -0.15) is 0 Å². The van der Waals surface area contributed by atoms with Gasteiger partial charge in [-0.3, -0.25) is 0 Å². The number of aromatic nitrogens is 2. The highest BCUT2D eigenvalue weighted by atomic mass is 35.5. The maximum Gasteiger partial charge on any atom is 0.138 e. The van der Waals surface area contributed by atoms with Crippen molar-refractivity contribution in [3.05, 3.63) is 71.4 Å². The topological polar surface area (TPSA) is 33.1 Å². The first kappa shape index (κ1) is 17.5. The second kappa shape index (κ2) is 7.46. The van der Waals surface area contributed by atoms with Gasteiger partial charge < -0.3 is 14.8 Å². The second-order valence-corrected chi connectivity index (χ2v) is 7.82. The molecule has 0 unspecified atom stereocenters. The summed E-state index contributed by atoms with van der Waals surface area (Å²) in [5, 5.41) is 6.68. The van der Waals surface area contributed by atoms with E-state index in [2.05, 4.69) is 57.4 Å². The molecule has 142 valence electrons. The molecule has 1 N–H and O–H groups in total. The minimum absolute atomic E-state index is 0.776. The lowest BCUT2D eigenvalue weighted by atomic mass is 10.1. The van der Waals surface area contributed by atoms with Crippen molar-refractivity contribution in [3.8, 4) is 0 Å². The SMILES string of the molecule is Clc1cccc(Cn2ccc3c(N4CCCNCC4)nc4ccccc4c32)c1. The molecule has 1 aliphatic heterocycles. The van der Waals surface area contributed by atoms with Crippen LogP contribution in [0.1, 0.15) is 12.0 Å². The van der Waals surface area contributed by atoms with Crippen molar-refractivity contribution in [2.45, 2.75) is 13.0 Å². The molecule has 0 spiro atoms. The van der Waals surface area contributed by atoms with Gasteiger partial charge in [0.15, 0.2) is 0 Å². The third kappa shape index (κ3) is 3.23. The van der Waals surface area contributed by atoms with Crippen LogP contribution in [0.25, 0.3) is 21.8 Å². The van der Waals surface area contributed by atoms with Gasteiger partial charge in [-0.1, -0.05) is 41.9 Å². The van der Waals surface area contributed by atoms with Crippen molar-refractivity contribution >= 4 is 39.2 Å². The smallest absolute Gasteiger partial charge is 0.138 e. The summed E-state index contributed by atoms with van der Waals surface area (Å²) < 4.78 is 2.32. The van der Waals surface area contributed by atoms with Crippen LogP contribution in [0.3, 0.4) is 0 Å². The van der Waals surface area contributed by atoms with E-state index < -0.39 is 0 Å². The summed E-state index contributed by atoms with van der Waals surface area (Å²) in [7, 11) is 0. The Morgan fingerprint density at radius 2 is 1.89 bits per heavy atom. The number of anilines is 1. The van der Waals surface area contributed by atoms with Crippen LogP contribution in [0.2, 0.25) is 5.02 Å². The van der Waals surface area contributed by atoms with E-state index in [0.717, 1.165) is 55.5 Å². The molecule has 5 heteroatoms. The lowest BCUT2D eigenvalue weighted by molar-refractivity contribution is 0.724. The average molecular weight is 391 g/mol. The lowest BCUT2D eigenvalue weighted by Gasteiger charge is -2.23. The van der Waals surface area contributed by atoms with Crippen LogP contribution in [-0.2, 0) is 6.54 Å². The first-order valence-electron chi connectivity index (χ1n) is 9.87. The standard InChI is InChI=1S/C23H23ClN4/c24-18-6-3-5-17(15-18)16-28-13-9-20-22(28)19-7-1-2-8-21(19)26-23(20)27-12-4-10-25-11-14-27/h1-3,5-9,13,15,25H,4,10-12,14,16H2. The molecule has 28 heavy (non-hydrogen) atoms. The summed E-state index contributed by atoms with van der Waals surface area (Å²) in [6.07, 6.45) is 3.32. The van der Waals surface area contributed by atoms with Crippen molar-refractivity contribution in [2.24, 2.45) is 0 Å². The maximum atomic E-state index is 6.21. The van der Waals surface area contributed by atoms with Crippen LogP contribution < -0.4 is 10.2 Å². The van der Waals surface area contributed by atoms with E-state index in [1.165, 1.54) is 21.9 Å². The molecule has 1 fully saturated rings. The van der Waals surface area contributed by atoms with E-state index in [-0.39, 0.29) is 0 Å². The van der Waals surface area contributed by atoms with Crippen LogP contribution >= 0.6 is 11.6 Å². The predicted octanol–water partition coefficient (Wildman–Crippen LogP) is 4.69. The van der Waals surface area contributed by atoms with Crippen molar-refractivity contribution in [1.29, 1.82) is 0 Å². The summed E-state index contributed by atoms with van der Waals surface area (Å²) in [5.74, 6) is 1.10. The van der Waals surface area contributed by atoms with E-state index in [1.54, 1.807) is 0 Å². The number of rotatable bonds is 3. The molecular weight excluding hydrogens is 368 g/mol. The minimum Gasteiger partial charge on any atom is -0.355 e. The van der Waals surface area contributed by atoms with E-state index in [1.807, 2.05) is 18.2 Å². The molecule has 4 nitrogen and oxygen atoms in total. The molecule has 4 aromatic rings. The molecule has 0 bridgehead atoms. The zero-order valence-corrected chi connectivity index (χ0v) is 16.5. The van der Waals surface area contributed by atoms with Gasteiger partial charge in [-0.05, 0) is 42.8 Å². The number of hydrogen-bond donors (Lipinski definition) is 1. The number of fused-ring (bicyclic) bond motifs is 3. The van der Waals surface area contributed by atoms with Gasteiger partial charge in [-0.15, -0.1) is 0 Å². The molecule has 2 aromatic carbocycles. The van der Waals surface area contributed by atoms with Crippen molar-refractivity contribution < 1.29 is 0 Å². The van der Waals surface area contributed by atoms with Gasteiger partial charge >= 0.3 is 0 Å². The molecule has 0 amide bonds. The quantitative estimate of drug-likeness (QED) is 0.550. The fraction of sp³-hybridized carbons (Fsp3) is 0.261. The molecule has 0 atom stereocenters. The molecule has 2 aromatic heterocycles. The van der Waals surface area contributed by atoms with Gasteiger partial charge in [0.05, 0.1) is 11.0 Å². The Morgan fingerprint density at radius 3 is 2.82 bits per heavy atom. The first-order valence-corrected chi connectivity index (χ1v) is 10.2. The number of para-hydroxylation sites is 1. The Kier molecular flexibility index (Phi) is 4.67. The Hall–Kier alpha value is -2.56. The summed E-state index contributed by atoms with van der Waals surface area (Å²) in [6, 6.07) is 18.8. The summed E-state index contributed by atoms with van der Waals surface area (Å²) in [6.45, 7) is 4.88. The lowest BCUT2D eigenvalue weighted by Crippen LogP contribution is -2.28. The number of nitrogens with zero attached hydrogens (tertiary/aromatic N) is 3. The number of halogens is 1. The summed E-state index contributed by atoms with van der Waals surface area (Å²) >= 11 is 6.21. The largest absolute Gasteiger partial charge is 0.355 e. The van der Waals surface area contributed by atoms with Crippen LogP contribution in [0.15, 0.2) is 60.8 Å². The minimum atomic E-state index is 0.776. The molecule has 1 aliphatic rings. The number of benzene rings is 2. The van der Waals surface area contributed by atoms with E-state index in [0.29, 0.717) is 0 Å². The fourth-order valence-corrected chi connectivity index (χ4v) is 4.37. The highest BCUT2D eigenvalue weighted by molar-refractivity contribution is 6.30. The highest BCUT2D eigenvalue weighted by Gasteiger charge is 2.18. The van der Waals surface area contributed by atoms with Crippen LogP contribution in [-0.4, -0.2) is 35.7 Å². The van der Waals surface area contributed by atoms with Gasteiger partial charge in [0, 0.05) is 48.2 Å². The molecule has 0 aliphatic carbocycles. The Morgan fingerprint density at radius 1 is 0.964 bits per heavy atom. The molecule has 1 saturated heterocycles. The zero-order valence-electron chi connectivity index (χ0n) is 15.7. The van der Waals surface area contributed by atoms with Crippen LogP contribution in [0.4, 0.5) is 5.82 Å². The highest BCUT2D eigenvalue weighted by Crippen LogP contribution is 2.33. The Balaban J connectivity index is 1.68. The van der Waals surface area contributed by atoms with Crippen LogP contribution in [0, 0.1) is 0 Å². The maximum absolute atomic E-state index is 6.21. The number of hydrogen-bond acceptors (Lipinski definition) is 3. The Labute approximate surface area is 169 Å². The van der Waals surface area contributed by atoms with E-state index in [4.69, 9.17) is 16.6 Å². The molecule has 0 radical (unpaired) electrons. The van der Waals surface area contributed by atoms with Crippen LogP contribution in [0.5, 0.6) is 0 Å². The molecule has 0 saturated carbocycles. The monoisotopic (exact) mass is 390 g/mol. The number of pyridine rings is 1. The molecule has 5 rings (SSSR count). The van der Waals surface area contributed by atoms with Gasteiger partial charge in [0.1, 0.15) is 5.82 Å². The average Bonchev–Trinajstić information content (AvgIpc) is 2.94.